The topological polar surface area (TPSA) is 108 Å². The molecule has 0 radical (unpaired) electrons. The van der Waals surface area contributed by atoms with Crippen molar-refractivity contribution < 1.29 is 18.0 Å². The molecule has 0 unspecified atom stereocenters. The Bertz CT molecular complexity index is 993. The molecule has 3 N–H and O–H groups in total. The van der Waals surface area contributed by atoms with Gasteiger partial charge in [0.25, 0.3) is 11.8 Å². The van der Waals surface area contributed by atoms with E-state index in [1.807, 2.05) is 4.90 Å². The van der Waals surface area contributed by atoms with Crippen LogP contribution >= 0.6 is 11.6 Å². The molecule has 10 heteroatoms. The van der Waals surface area contributed by atoms with Crippen molar-refractivity contribution in [1.82, 2.24) is 20.5 Å². The predicted octanol–water partition coefficient (Wildman–Crippen LogP) is 1.54. The van der Waals surface area contributed by atoms with Crippen LogP contribution in [-0.4, -0.2) is 50.8 Å². The van der Waals surface area contributed by atoms with Gasteiger partial charge in [0.1, 0.15) is 0 Å². The number of amides is 2. The van der Waals surface area contributed by atoms with E-state index in [2.05, 4.69) is 15.6 Å². The Morgan fingerprint density at radius 2 is 1.60 bits per heavy atom. The molecule has 2 amide bonds. The Hall–Kier alpha value is -2.46. The summed E-state index contributed by atoms with van der Waals surface area (Å²) in [5.74, 6) is -0.860. The van der Waals surface area contributed by atoms with Gasteiger partial charge in [-0.3, -0.25) is 25.3 Å². The van der Waals surface area contributed by atoms with E-state index >= 15 is 0 Å². The zero-order chi connectivity index (χ0) is 21.6. The predicted molar refractivity (Wildman–Crippen MR) is 113 cm³/mol. The molecular formula is C20H23ClN4O4S. The van der Waals surface area contributed by atoms with Gasteiger partial charge in [-0.05, 0) is 37.1 Å². The van der Waals surface area contributed by atoms with E-state index in [0.29, 0.717) is 31.0 Å². The minimum Gasteiger partial charge on any atom is -0.294 e. The third kappa shape index (κ3) is 6.02. The molecule has 0 saturated carbocycles. The summed E-state index contributed by atoms with van der Waals surface area (Å²) in [5, 5.41) is 0.296. The maximum atomic E-state index is 12.4. The van der Waals surface area contributed by atoms with Crippen molar-refractivity contribution >= 4 is 33.4 Å². The standard InChI is InChI=1S/C20H23ClN4O4S/c21-18-9-5-4-8-17(18)20(27)23-22-19(26)14-25-12-10-15(11-13-25)24-30(28,29)16-6-2-1-3-7-16/h1-9,15,24H,10-14H2,(H,22,26)(H,23,27). The summed E-state index contributed by atoms with van der Waals surface area (Å²) in [6, 6.07) is 14.6. The molecule has 0 atom stereocenters. The number of benzene rings is 2. The molecule has 1 aliphatic rings. The number of carbonyl (C=O) groups excluding carboxylic acids is 2. The van der Waals surface area contributed by atoms with Crippen LogP contribution in [-0.2, 0) is 14.8 Å². The zero-order valence-electron chi connectivity index (χ0n) is 16.2. The summed E-state index contributed by atoms with van der Waals surface area (Å²) in [6.45, 7) is 1.22. The van der Waals surface area contributed by atoms with Gasteiger partial charge in [-0.15, -0.1) is 0 Å². The number of sulfonamides is 1. The van der Waals surface area contributed by atoms with Crippen molar-refractivity contribution in [3.8, 4) is 0 Å². The van der Waals surface area contributed by atoms with Gasteiger partial charge in [-0.2, -0.15) is 0 Å². The third-order valence-corrected chi connectivity index (χ3v) is 6.63. The van der Waals surface area contributed by atoms with Crippen LogP contribution in [0.25, 0.3) is 0 Å². The molecule has 0 aliphatic carbocycles. The van der Waals surface area contributed by atoms with Crippen LogP contribution in [0, 0.1) is 0 Å². The monoisotopic (exact) mass is 450 g/mol. The summed E-state index contributed by atoms with van der Waals surface area (Å²) in [5.41, 5.74) is 4.99. The molecule has 1 fully saturated rings. The zero-order valence-corrected chi connectivity index (χ0v) is 17.7. The number of hydrogen-bond acceptors (Lipinski definition) is 5. The quantitative estimate of drug-likeness (QED) is 0.579. The van der Waals surface area contributed by atoms with E-state index < -0.39 is 15.9 Å². The molecule has 1 aliphatic heterocycles. The highest BCUT2D eigenvalue weighted by atomic mass is 35.5. The van der Waals surface area contributed by atoms with Crippen molar-refractivity contribution in [3.63, 3.8) is 0 Å². The van der Waals surface area contributed by atoms with Crippen LogP contribution in [0.2, 0.25) is 5.02 Å². The van der Waals surface area contributed by atoms with Gasteiger partial charge in [0.15, 0.2) is 0 Å². The van der Waals surface area contributed by atoms with Crippen molar-refractivity contribution in [3.05, 3.63) is 65.2 Å². The number of nitrogens with one attached hydrogen (secondary N) is 3. The average molecular weight is 451 g/mol. The lowest BCUT2D eigenvalue weighted by Gasteiger charge is -2.31. The molecule has 2 aromatic rings. The van der Waals surface area contributed by atoms with E-state index in [9.17, 15) is 18.0 Å². The first-order valence-electron chi connectivity index (χ1n) is 9.48. The Morgan fingerprint density at radius 1 is 0.967 bits per heavy atom. The molecule has 1 saturated heterocycles. The van der Waals surface area contributed by atoms with Crippen molar-refractivity contribution in [2.45, 2.75) is 23.8 Å². The van der Waals surface area contributed by atoms with Crippen LogP contribution < -0.4 is 15.6 Å². The lowest BCUT2D eigenvalue weighted by Crippen LogP contribution is -2.50. The lowest BCUT2D eigenvalue weighted by molar-refractivity contribution is -0.123. The third-order valence-electron chi connectivity index (χ3n) is 4.76. The van der Waals surface area contributed by atoms with Gasteiger partial charge >= 0.3 is 0 Å². The van der Waals surface area contributed by atoms with Gasteiger partial charge in [0, 0.05) is 19.1 Å². The minimum absolute atomic E-state index is 0.0982. The number of piperidine rings is 1. The molecular weight excluding hydrogens is 428 g/mol. The Morgan fingerprint density at radius 3 is 2.27 bits per heavy atom. The maximum Gasteiger partial charge on any atom is 0.271 e. The Labute approximate surface area is 180 Å². The molecule has 2 aromatic carbocycles. The summed E-state index contributed by atoms with van der Waals surface area (Å²) in [6.07, 6.45) is 1.18. The van der Waals surface area contributed by atoms with Crippen LogP contribution in [0.1, 0.15) is 23.2 Å². The Balaban J connectivity index is 1.42. The van der Waals surface area contributed by atoms with Gasteiger partial charge in [-0.1, -0.05) is 41.9 Å². The minimum atomic E-state index is -3.55. The fourth-order valence-corrected chi connectivity index (χ4v) is 4.73. The summed E-state index contributed by atoms with van der Waals surface area (Å²) >= 11 is 5.96. The average Bonchev–Trinajstić information content (AvgIpc) is 2.74. The highest BCUT2D eigenvalue weighted by molar-refractivity contribution is 7.89. The van der Waals surface area contributed by atoms with Crippen molar-refractivity contribution in [1.29, 1.82) is 0 Å². The normalized spacial score (nSPS) is 15.5. The SMILES string of the molecule is O=C(CN1CCC(NS(=O)(=O)c2ccccc2)CC1)NNC(=O)c1ccccc1Cl. The van der Waals surface area contributed by atoms with Crippen molar-refractivity contribution in [2.75, 3.05) is 19.6 Å². The van der Waals surface area contributed by atoms with E-state index in [0.717, 1.165) is 0 Å². The smallest absolute Gasteiger partial charge is 0.271 e. The molecule has 8 nitrogen and oxygen atoms in total. The number of rotatable bonds is 6. The van der Waals surface area contributed by atoms with Gasteiger partial charge in [0.2, 0.25) is 10.0 Å². The van der Waals surface area contributed by atoms with Crippen LogP contribution in [0.4, 0.5) is 0 Å². The summed E-state index contributed by atoms with van der Waals surface area (Å²) in [4.78, 5) is 26.3. The second-order valence-corrected chi connectivity index (χ2v) is 9.09. The maximum absolute atomic E-state index is 12.4. The first-order chi connectivity index (χ1) is 14.3. The van der Waals surface area contributed by atoms with Crippen LogP contribution in [0.15, 0.2) is 59.5 Å². The number of hydrogen-bond donors (Lipinski definition) is 3. The van der Waals surface area contributed by atoms with Gasteiger partial charge < -0.3 is 0 Å². The largest absolute Gasteiger partial charge is 0.294 e. The number of likely N-dealkylation sites (tertiary alicyclic amines) is 1. The summed E-state index contributed by atoms with van der Waals surface area (Å²) in [7, 11) is -3.55. The highest BCUT2D eigenvalue weighted by Crippen LogP contribution is 2.15. The molecule has 3 rings (SSSR count). The molecule has 0 bridgehead atoms. The van der Waals surface area contributed by atoms with E-state index in [4.69, 9.17) is 11.6 Å². The number of carbonyl (C=O) groups is 2. The van der Waals surface area contributed by atoms with E-state index in [-0.39, 0.29) is 29.0 Å². The second-order valence-electron chi connectivity index (χ2n) is 6.97. The van der Waals surface area contributed by atoms with E-state index in [1.165, 1.54) is 0 Å². The second kappa shape index (κ2) is 10.0. The summed E-state index contributed by atoms with van der Waals surface area (Å²) < 4.78 is 27.5. The van der Waals surface area contributed by atoms with E-state index in [1.54, 1.807) is 54.6 Å². The fourth-order valence-electron chi connectivity index (χ4n) is 3.18. The first kappa shape index (κ1) is 22.2. The van der Waals surface area contributed by atoms with Gasteiger partial charge in [-0.25, -0.2) is 13.1 Å². The van der Waals surface area contributed by atoms with Crippen LogP contribution in [0.5, 0.6) is 0 Å². The van der Waals surface area contributed by atoms with Gasteiger partial charge in [0.05, 0.1) is 22.0 Å². The number of hydrazine groups is 1. The molecule has 0 aromatic heterocycles. The fraction of sp³-hybridized carbons (Fsp3) is 0.300. The molecule has 30 heavy (non-hydrogen) atoms. The first-order valence-corrected chi connectivity index (χ1v) is 11.3. The molecule has 1 heterocycles. The lowest BCUT2D eigenvalue weighted by atomic mass is 10.1. The van der Waals surface area contributed by atoms with Crippen molar-refractivity contribution in [2.24, 2.45) is 0 Å². The van der Waals surface area contributed by atoms with Crippen LogP contribution in [0.3, 0.4) is 0 Å². The Kier molecular flexibility index (Phi) is 7.43. The highest BCUT2D eigenvalue weighted by Gasteiger charge is 2.25. The molecule has 160 valence electrons. The molecule has 0 spiro atoms. The number of halogens is 1. The number of nitrogens with zero attached hydrogens (tertiary/aromatic N) is 1.